The Hall–Kier alpha value is -1.94. The molecule has 0 radical (unpaired) electrons. The van der Waals surface area contributed by atoms with Gasteiger partial charge in [0.1, 0.15) is 11.0 Å². The van der Waals surface area contributed by atoms with E-state index in [1.54, 1.807) is 18.2 Å². The summed E-state index contributed by atoms with van der Waals surface area (Å²) < 4.78 is 12.6. The van der Waals surface area contributed by atoms with Gasteiger partial charge in [0.25, 0.3) is 0 Å². The minimum atomic E-state index is -0.254. The Morgan fingerprint density at radius 3 is 2.29 bits per heavy atom. The Morgan fingerprint density at radius 1 is 1.18 bits per heavy atom. The Balaban J connectivity index is 0.000000437. The third-order valence-corrected chi connectivity index (χ3v) is 2.07. The van der Waals surface area contributed by atoms with E-state index in [1.807, 2.05) is 12.1 Å². The molecule has 2 aromatic rings. The van der Waals surface area contributed by atoms with Crippen LogP contribution in [-0.2, 0) is 4.79 Å². The lowest BCUT2D eigenvalue weighted by Crippen LogP contribution is -1.83. The molecule has 1 heterocycles. The highest BCUT2D eigenvalue weighted by atomic mass is 35.5. The molecule has 1 aromatic heterocycles. The Kier molecular flexibility index (Phi) is 5.10. The topological polar surface area (TPSA) is 56.0 Å². The summed E-state index contributed by atoms with van der Waals surface area (Å²) >= 11 is 5.74. The van der Waals surface area contributed by atoms with Crippen LogP contribution in [0.1, 0.15) is 0 Å². The number of halogens is 2. The molecule has 88 valence electrons. The van der Waals surface area contributed by atoms with Crippen LogP contribution in [0.5, 0.6) is 0 Å². The van der Waals surface area contributed by atoms with Gasteiger partial charge in [0.05, 0.1) is 5.69 Å². The van der Waals surface area contributed by atoms with Gasteiger partial charge in [0.15, 0.2) is 0 Å². The maximum absolute atomic E-state index is 12.6. The number of hydrogen-bond donors (Lipinski definition) is 1. The number of pyridine rings is 1. The van der Waals surface area contributed by atoms with Gasteiger partial charge in [-0.15, -0.1) is 0 Å². The smallest absolute Gasteiger partial charge is 0.204 e. The molecule has 0 aliphatic carbocycles. The summed E-state index contributed by atoms with van der Waals surface area (Å²) in [5.41, 5.74) is 5.77. The van der Waals surface area contributed by atoms with Crippen LogP contribution < -0.4 is 5.73 Å². The van der Waals surface area contributed by atoms with Crippen molar-refractivity contribution in [3.63, 3.8) is 0 Å². The lowest BCUT2D eigenvalue weighted by molar-refractivity contribution is -0.106. The molecule has 2 N–H and O–H groups in total. The summed E-state index contributed by atoms with van der Waals surface area (Å²) in [6, 6.07) is 11.5. The van der Waals surface area contributed by atoms with Crippen LogP contribution in [0.3, 0.4) is 0 Å². The number of amides is 1. The Bertz CT molecular complexity index is 488. The zero-order chi connectivity index (χ0) is 12.7. The maximum Gasteiger partial charge on any atom is 0.204 e. The average molecular weight is 253 g/mol. The number of nitrogens with zero attached hydrogens (tertiary/aromatic N) is 1. The first-order chi connectivity index (χ1) is 8.17. The van der Waals surface area contributed by atoms with E-state index in [0.717, 1.165) is 11.3 Å². The largest absolute Gasteiger partial charge is 0.372 e. The molecule has 0 aliphatic rings. The summed E-state index contributed by atoms with van der Waals surface area (Å²) in [6.07, 6.45) is 0.250. The number of rotatable bonds is 1. The molecule has 5 heteroatoms. The number of carbonyl (C=O) groups excluding carboxylic acids is 1. The van der Waals surface area contributed by atoms with Crippen molar-refractivity contribution in [3.8, 4) is 11.3 Å². The highest BCUT2D eigenvalue weighted by molar-refractivity contribution is 6.29. The number of primary amides is 1. The third-order valence-electron chi connectivity index (χ3n) is 1.86. The van der Waals surface area contributed by atoms with Crippen molar-refractivity contribution < 1.29 is 9.18 Å². The predicted octanol–water partition coefficient (Wildman–Crippen LogP) is 2.64. The molecule has 2 rings (SSSR count). The second-order valence-electron chi connectivity index (χ2n) is 2.99. The van der Waals surface area contributed by atoms with Gasteiger partial charge in [-0.05, 0) is 36.4 Å². The highest BCUT2D eigenvalue weighted by Gasteiger charge is 1.99. The van der Waals surface area contributed by atoms with Crippen LogP contribution in [0.25, 0.3) is 11.3 Å². The van der Waals surface area contributed by atoms with Crippen LogP contribution in [0.15, 0.2) is 42.5 Å². The van der Waals surface area contributed by atoms with Crippen molar-refractivity contribution >= 4 is 18.0 Å². The van der Waals surface area contributed by atoms with Crippen molar-refractivity contribution in [2.45, 2.75) is 0 Å². The Morgan fingerprint density at radius 2 is 1.76 bits per heavy atom. The molecule has 1 amide bonds. The summed E-state index contributed by atoms with van der Waals surface area (Å²) in [6.45, 7) is 0. The molecule has 0 fully saturated rings. The van der Waals surface area contributed by atoms with Gasteiger partial charge in [-0.3, -0.25) is 4.79 Å². The molecule has 0 unspecified atom stereocenters. The van der Waals surface area contributed by atoms with Crippen molar-refractivity contribution in [1.29, 1.82) is 0 Å². The van der Waals surface area contributed by atoms with Crippen molar-refractivity contribution in [2.24, 2.45) is 5.73 Å². The van der Waals surface area contributed by atoms with Crippen LogP contribution in [-0.4, -0.2) is 11.4 Å². The molecule has 17 heavy (non-hydrogen) atoms. The van der Waals surface area contributed by atoms with Gasteiger partial charge in [0.2, 0.25) is 6.41 Å². The van der Waals surface area contributed by atoms with Crippen LogP contribution in [0.2, 0.25) is 5.15 Å². The minimum absolute atomic E-state index is 0.250. The van der Waals surface area contributed by atoms with Crippen molar-refractivity contribution in [2.75, 3.05) is 0 Å². The average Bonchev–Trinajstić information content (AvgIpc) is 2.31. The van der Waals surface area contributed by atoms with Crippen LogP contribution in [0, 0.1) is 5.82 Å². The lowest BCUT2D eigenvalue weighted by atomic mass is 10.1. The van der Waals surface area contributed by atoms with Crippen LogP contribution >= 0.6 is 11.6 Å². The van der Waals surface area contributed by atoms with E-state index in [0.29, 0.717) is 5.15 Å². The first-order valence-corrected chi connectivity index (χ1v) is 5.09. The fraction of sp³-hybridized carbons (Fsp3) is 0. The summed E-state index contributed by atoms with van der Waals surface area (Å²) in [7, 11) is 0. The zero-order valence-electron chi connectivity index (χ0n) is 8.81. The van der Waals surface area contributed by atoms with E-state index < -0.39 is 0 Å². The number of nitrogens with two attached hydrogens (primary N) is 1. The fourth-order valence-corrected chi connectivity index (χ4v) is 1.35. The highest BCUT2D eigenvalue weighted by Crippen LogP contribution is 2.18. The molecule has 0 saturated carbocycles. The molecule has 0 atom stereocenters. The SMILES string of the molecule is Fc1ccc(-c2cccc(Cl)n2)cc1.NC=O. The van der Waals surface area contributed by atoms with Gasteiger partial charge in [-0.25, -0.2) is 9.37 Å². The molecular weight excluding hydrogens is 243 g/mol. The molecule has 0 bridgehead atoms. The maximum atomic E-state index is 12.6. The minimum Gasteiger partial charge on any atom is -0.372 e. The molecule has 3 nitrogen and oxygen atoms in total. The standard InChI is InChI=1S/C11H7ClFN.CH3NO/c12-11-3-1-2-10(14-11)8-4-6-9(13)7-5-8;2-1-3/h1-7H;1H,(H2,2,3). The van der Waals surface area contributed by atoms with E-state index in [-0.39, 0.29) is 12.2 Å². The number of hydrogen-bond acceptors (Lipinski definition) is 2. The van der Waals surface area contributed by atoms with Gasteiger partial charge < -0.3 is 5.73 Å². The van der Waals surface area contributed by atoms with E-state index in [4.69, 9.17) is 16.4 Å². The van der Waals surface area contributed by atoms with Gasteiger partial charge >= 0.3 is 0 Å². The molecule has 0 saturated heterocycles. The number of aromatic nitrogens is 1. The van der Waals surface area contributed by atoms with E-state index in [9.17, 15) is 4.39 Å². The summed E-state index contributed by atoms with van der Waals surface area (Å²) in [5, 5.41) is 0.437. The first-order valence-electron chi connectivity index (χ1n) is 4.71. The monoisotopic (exact) mass is 252 g/mol. The van der Waals surface area contributed by atoms with Crippen molar-refractivity contribution in [1.82, 2.24) is 4.98 Å². The van der Waals surface area contributed by atoms with Gasteiger partial charge in [-0.1, -0.05) is 17.7 Å². The summed E-state index contributed by atoms with van der Waals surface area (Å²) in [5.74, 6) is -0.254. The molecular formula is C12H10ClFN2O. The number of benzene rings is 1. The number of carbonyl (C=O) groups is 1. The van der Waals surface area contributed by atoms with Crippen LogP contribution in [0.4, 0.5) is 4.39 Å². The van der Waals surface area contributed by atoms with Gasteiger partial charge in [0, 0.05) is 5.56 Å². The summed E-state index contributed by atoms with van der Waals surface area (Å²) in [4.78, 5) is 12.7. The molecule has 1 aromatic carbocycles. The van der Waals surface area contributed by atoms with Crippen molar-refractivity contribution in [3.05, 3.63) is 53.4 Å². The predicted molar refractivity (Wildman–Crippen MR) is 64.9 cm³/mol. The quantitative estimate of drug-likeness (QED) is 0.627. The normalized spacial score (nSPS) is 9.06. The Labute approximate surface area is 103 Å². The van der Waals surface area contributed by atoms with Gasteiger partial charge in [-0.2, -0.15) is 0 Å². The fourth-order valence-electron chi connectivity index (χ4n) is 1.19. The molecule has 0 aliphatic heterocycles. The first kappa shape index (κ1) is 13.1. The second kappa shape index (κ2) is 6.60. The van der Waals surface area contributed by atoms with E-state index in [2.05, 4.69) is 10.7 Å². The zero-order valence-corrected chi connectivity index (χ0v) is 9.56. The third kappa shape index (κ3) is 4.20. The lowest BCUT2D eigenvalue weighted by Gasteiger charge is -2.00. The van der Waals surface area contributed by atoms with E-state index >= 15 is 0 Å². The molecule has 0 spiro atoms. The second-order valence-corrected chi connectivity index (χ2v) is 3.38. The van der Waals surface area contributed by atoms with E-state index in [1.165, 1.54) is 12.1 Å².